The summed E-state index contributed by atoms with van der Waals surface area (Å²) in [7, 11) is 3.20. The Morgan fingerprint density at radius 3 is 2.47 bits per heavy atom. The standard InChI is InChI=1S/C10H12N6O3/c1-6-7(4-11-14(6)2)13-10(17)9-8(16(18)19)5-12-15(9)3/h4-5H,1-3H3,(H,13,17). The lowest BCUT2D eigenvalue weighted by molar-refractivity contribution is -0.385. The number of carbonyl (C=O) groups excluding carboxylic acids is 1. The van der Waals surface area contributed by atoms with E-state index in [1.807, 2.05) is 0 Å². The maximum atomic E-state index is 12.1. The van der Waals surface area contributed by atoms with Crippen LogP contribution in [0.15, 0.2) is 12.4 Å². The van der Waals surface area contributed by atoms with Gasteiger partial charge in [-0.05, 0) is 6.92 Å². The molecule has 0 aromatic carbocycles. The van der Waals surface area contributed by atoms with Crippen LogP contribution in [0.1, 0.15) is 16.2 Å². The monoisotopic (exact) mass is 264 g/mol. The van der Waals surface area contributed by atoms with Crippen LogP contribution in [0.25, 0.3) is 0 Å². The van der Waals surface area contributed by atoms with Gasteiger partial charge in [-0.3, -0.25) is 24.3 Å². The Morgan fingerprint density at radius 2 is 1.95 bits per heavy atom. The van der Waals surface area contributed by atoms with Crippen LogP contribution in [0.3, 0.4) is 0 Å². The molecule has 9 heteroatoms. The van der Waals surface area contributed by atoms with E-state index >= 15 is 0 Å². The van der Waals surface area contributed by atoms with Gasteiger partial charge >= 0.3 is 5.69 Å². The Hall–Kier alpha value is -2.71. The number of nitro groups is 1. The van der Waals surface area contributed by atoms with Crippen molar-refractivity contribution in [2.24, 2.45) is 14.1 Å². The maximum Gasteiger partial charge on any atom is 0.320 e. The number of anilines is 1. The molecule has 2 aromatic heterocycles. The fraction of sp³-hybridized carbons (Fsp3) is 0.300. The van der Waals surface area contributed by atoms with Crippen molar-refractivity contribution in [3.63, 3.8) is 0 Å². The molecule has 0 aliphatic heterocycles. The number of hydrogen-bond acceptors (Lipinski definition) is 5. The SMILES string of the molecule is Cc1c(NC(=O)c2c([N+](=O)[O-])cnn2C)cnn1C. The van der Waals surface area contributed by atoms with Crippen molar-refractivity contribution in [2.75, 3.05) is 5.32 Å². The molecule has 0 fully saturated rings. The smallest absolute Gasteiger partial charge is 0.317 e. The van der Waals surface area contributed by atoms with Crippen molar-refractivity contribution in [1.29, 1.82) is 0 Å². The zero-order valence-corrected chi connectivity index (χ0v) is 10.6. The van der Waals surface area contributed by atoms with Gasteiger partial charge < -0.3 is 5.32 Å². The van der Waals surface area contributed by atoms with Crippen LogP contribution in [-0.4, -0.2) is 30.4 Å². The molecule has 2 rings (SSSR count). The Morgan fingerprint density at radius 1 is 1.32 bits per heavy atom. The van der Waals surface area contributed by atoms with Gasteiger partial charge in [0.1, 0.15) is 6.20 Å². The molecule has 100 valence electrons. The van der Waals surface area contributed by atoms with Crippen LogP contribution >= 0.6 is 0 Å². The summed E-state index contributed by atoms with van der Waals surface area (Å²) in [6, 6.07) is 0. The quantitative estimate of drug-likeness (QED) is 0.645. The molecule has 2 aromatic rings. The van der Waals surface area contributed by atoms with Gasteiger partial charge in [0.15, 0.2) is 0 Å². The number of aromatic nitrogens is 4. The molecule has 0 saturated carbocycles. The zero-order valence-electron chi connectivity index (χ0n) is 10.6. The first-order chi connectivity index (χ1) is 8.91. The minimum atomic E-state index is -0.641. The average Bonchev–Trinajstić information content (AvgIpc) is 2.87. The molecule has 1 N–H and O–H groups in total. The molecule has 0 aliphatic rings. The number of aryl methyl sites for hydroxylation is 2. The van der Waals surface area contributed by atoms with Gasteiger partial charge in [-0.15, -0.1) is 0 Å². The van der Waals surface area contributed by atoms with Crippen LogP contribution in [-0.2, 0) is 14.1 Å². The highest BCUT2D eigenvalue weighted by molar-refractivity contribution is 6.05. The first-order valence-electron chi connectivity index (χ1n) is 5.38. The number of nitrogens with one attached hydrogen (secondary N) is 1. The molecule has 1 amide bonds. The van der Waals surface area contributed by atoms with Crippen LogP contribution in [0.4, 0.5) is 11.4 Å². The van der Waals surface area contributed by atoms with E-state index in [1.165, 1.54) is 17.9 Å². The second-order valence-corrected chi connectivity index (χ2v) is 3.98. The summed E-state index contributed by atoms with van der Waals surface area (Å²) in [5.74, 6) is -0.595. The fourth-order valence-corrected chi connectivity index (χ4v) is 1.63. The number of rotatable bonds is 3. The lowest BCUT2D eigenvalue weighted by atomic mass is 10.3. The second-order valence-electron chi connectivity index (χ2n) is 3.98. The van der Waals surface area contributed by atoms with Crippen LogP contribution in [0.5, 0.6) is 0 Å². The Balaban J connectivity index is 2.33. The first-order valence-corrected chi connectivity index (χ1v) is 5.38. The molecular formula is C10H12N6O3. The van der Waals surface area contributed by atoms with Crippen molar-refractivity contribution < 1.29 is 9.72 Å². The topological polar surface area (TPSA) is 108 Å². The minimum Gasteiger partial charge on any atom is -0.317 e. The van der Waals surface area contributed by atoms with Crippen molar-refractivity contribution in [3.8, 4) is 0 Å². The van der Waals surface area contributed by atoms with E-state index in [0.29, 0.717) is 5.69 Å². The van der Waals surface area contributed by atoms with Crippen molar-refractivity contribution in [1.82, 2.24) is 19.6 Å². The largest absolute Gasteiger partial charge is 0.320 e. The van der Waals surface area contributed by atoms with Crippen LogP contribution < -0.4 is 5.32 Å². The Bertz CT molecular complexity index is 656. The molecule has 2 heterocycles. The Labute approximate surface area is 108 Å². The number of nitrogens with zero attached hydrogens (tertiary/aromatic N) is 5. The van der Waals surface area contributed by atoms with Crippen molar-refractivity contribution in [2.45, 2.75) is 6.92 Å². The number of carbonyl (C=O) groups is 1. The summed E-state index contributed by atoms with van der Waals surface area (Å²) in [4.78, 5) is 22.2. The Kier molecular flexibility index (Phi) is 3.03. The number of hydrogen-bond donors (Lipinski definition) is 1. The molecular weight excluding hydrogens is 252 g/mol. The summed E-state index contributed by atoms with van der Waals surface area (Å²) in [5.41, 5.74) is 0.816. The molecule has 0 unspecified atom stereocenters. The minimum absolute atomic E-state index is 0.103. The summed E-state index contributed by atoms with van der Waals surface area (Å²) < 4.78 is 2.76. The van der Waals surface area contributed by atoms with Gasteiger partial charge in [-0.1, -0.05) is 0 Å². The van der Waals surface area contributed by atoms with Crippen LogP contribution in [0.2, 0.25) is 0 Å². The predicted octanol–water partition coefficient (Wildman–Crippen LogP) is 0.623. The van der Waals surface area contributed by atoms with E-state index < -0.39 is 10.8 Å². The van der Waals surface area contributed by atoms with Gasteiger partial charge in [0.2, 0.25) is 5.69 Å². The average molecular weight is 264 g/mol. The molecule has 0 aliphatic carbocycles. The second kappa shape index (κ2) is 4.52. The van der Waals surface area contributed by atoms with Crippen LogP contribution in [0, 0.1) is 17.0 Å². The van der Waals surface area contributed by atoms with Gasteiger partial charge in [0, 0.05) is 14.1 Å². The summed E-state index contributed by atoms with van der Waals surface area (Å²) in [6.45, 7) is 1.78. The molecule has 19 heavy (non-hydrogen) atoms. The van der Waals surface area contributed by atoms with Gasteiger partial charge in [-0.25, -0.2) is 0 Å². The van der Waals surface area contributed by atoms with E-state index in [-0.39, 0.29) is 11.4 Å². The lowest BCUT2D eigenvalue weighted by Gasteiger charge is -2.04. The summed E-state index contributed by atoms with van der Waals surface area (Å²) >= 11 is 0. The summed E-state index contributed by atoms with van der Waals surface area (Å²) in [6.07, 6.45) is 2.53. The van der Waals surface area contributed by atoms with Gasteiger partial charge in [-0.2, -0.15) is 10.2 Å². The third kappa shape index (κ3) is 2.17. The van der Waals surface area contributed by atoms with Crippen molar-refractivity contribution in [3.05, 3.63) is 33.9 Å². The number of amides is 1. The van der Waals surface area contributed by atoms with E-state index in [9.17, 15) is 14.9 Å². The van der Waals surface area contributed by atoms with Gasteiger partial charge in [0.05, 0.1) is 22.5 Å². The fourth-order valence-electron chi connectivity index (χ4n) is 1.63. The van der Waals surface area contributed by atoms with E-state index in [1.54, 1.807) is 18.7 Å². The van der Waals surface area contributed by atoms with Crippen molar-refractivity contribution >= 4 is 17.3 Å². The highest BCUT2D eigenvalue weighted by Gasteiger charge is 2.26. The molecule has 0 radical (unpaired) electrons. The molecule has 0 bridgehead atoms. The molecule has 9 nitrogen and oxygen atoms in total. The normalized spacial score (nSPS) is 10.5. The predicted molar refractivity (Wildman–Crippen MR) is 65.8 cm³/mol. The maximum absolute atomic E-state index is 12.1. The zero-order chi connectivity index (χ0) is 14.2. The highest BCUT2D eigenvalue weighted by Crippen LogP contribution is 2.19. The van der Waals surface area contributed by atoms with E-state index in [4.69, 9.17) is 0 Å². The molecule has 0 saturated heterocycles. The van der Waals surface area contributed by atoms with Gasteiger partial charge in [0.25, 0.3) is 5.91 Å². The van der Waals surface area contributed by atoms with E-state index in [2.05, 4.69) is 15.5 Å². The third-order valence-corrected chi connectivity index (χ3v) is 2.81. The molecule has 0 atom stereocenters. The summed E-state index contributed by atoms with van der Waals surface area (Å²) in [5, 5.41) is 21.1. The highest BCUT2D eigenvalue weighted by atomic mass is 16.6. The third-order valence-electron chi connectivity index (χ3n) is 2.81. The van der Waals surface area contributed by atoms with E-state index in [0.717, 1.165) is 11.9 Å². The first kappa shape index (κ1) is 12.7. The lowest BCUT2D eigenvalue weighted by Crippen LogP contribution is -2.18. The molecule has 0 spiro atoms.